The Kier molecular flexibility index (Phi) is 9.97. The molecule has 2 aliphatic heterocycles. The molecule has 2 aromatic heterocycles. The van der Waals surface area contributed by atoms with E-state index >= 15 is 0 Å². The fourth-order valence-corrected chi connectivity index (χ4v) is 7.13. The average molecular weight is 683 g/mol. The Bertz CT molecular complexity index is 1760. The molecule has 15 nitrogen and oxygen atoms in total. The van der Waals surface area contributed by atoms with Gasteiger partial charge in [0.1, 0.15) is 29.6 Å². The molecule has 3 N–H and O–H groups in total. The van der Waals surface area contributed by atoms with Gasteiger partial charge in [-0.15, -0.1) is 0 Å². The van der Waals surface area contributed by atoms with E-state index in [1.807, 2.05) is 37.3 Å². The molecule has 4 heterocycles. The van der Waals surface area contributed by atoms with Crippen LogP contribution in [0, 0.1) is 0 Å². The molecule has 6 rings (SSSR count). The molecule has 2 saturated heterocycles. The molecule has 1 unspecified atom stereocenters. The number of nitrogens with one attached hydrogen (secondary N) is 1. The van der Waals surface area contributed by atoms with Crippen LogP contribution in [-0.2, 0) is 39.4 Å². The lowest BCUT2D eigenvalue weighted by Gasteiger charge is -2.33. The third-order valence-electron chi connectivity index (χ3n) is 7.71. The number of benzene rings is 2. The topological polar surface area (TPSA) is 180 Å². The molecule has 256 valence electrons. The second-order valence-corrected chi connectivity index (χ2v) is 13.4. The molecule has 2 aromatic carbocycles. The predicted molar refractivity (Wildman–Crippen MR) is 173 cm³/mol. The first-order valence-electron chi connectivity index (χ1n) is 15.6. The number of anilines is 1. The van der Waals surface area contributed by atoms with Crippen LogP contribution in [0.5, 0.6) is 11.6 Å². The standard InChI is InChI=1S/C32H39N6O9P/c1-5-41-28-24-27(35-31(33)36-28)38(19-34-24)29-25-26(42-16-22-12-8-6-9-13-22)32(46-29,17-43-25)18-44-48(40,47-23-14-10-7-11-15-23)37-21(4)30(39)45-20(2)3/h6-15,19-21,25-26,29H,5,16-18H2,1-4H3,(H,37,40)(H2,33,35,36)/t21-,25-,26+,29-,32-,48?/m1/s1. The van der Waals surface area contributed by atoms with E-state index in [9.17, 15) is 9.36 Å². The SMILES string of the molecule is CCOc1nc(N)nc2c1ncn2[C@@H]1O[C@@]2(COP(=O)(N[C@H](C)C(=O)OC(C)C)Oc3ccccc3)CO[C@@H]1[C@@H]2OCc1ccccc1. The molecule has 4 aromatic rings. The first-order valence-corrected chi connectivity index (χ1v) is 17.2. The minimum absolute atomic E-state index is 0.00175. The number of para-hydroxylation sites is 1. The maximum Gasteiger partial charge on any atom is 0.459 e. The van der Waals surface area contributed by atoms with E-state index in [1.165, 1.54) is 6.92 Å². The normalized spacial score (nSPS) is 23.6. The Morgan fingerprint density at radius 3 is 2.56 bits per heavy atom. The quantitative estimate of drug-likeness (QED) is 0.135. The van der Waals surface area contributed by atoms with Crippen molar-refractivity contribution >= 4 is 30.8 Å². The van der Waals surface area contributed by atoms with Crippen LogP contribution in [0.4, 0.5) is 5.95 Å². The summed E-state index contributed by atoms with van der Waals surface area (Å²) in [6.45, 7) is 7.15. The molecule has 0 aliphatic carbocycles. The van der Waals surface area contributed by atoms with Crippen molar-refractivity contribution in [2.75, 3.05) is 25.6 Å². The van der Waals surface area contributed by atoms with Gasteiger partial charge in [0.15, 0.2) is 17.4 Å². The van der Waals surface area contributed by atoms with Gasteiger partial charge < -0.3 is 33.9 Å². The van der Waals surface area contributed by atoms with E-state index in [0.717, 1.165) is 5.56 Å². The summed E-state index contributed by atoms with van der Waals surface area (Å²) in [5.41, 5.74) is 6.47. The molecule has 0 amide bonds. The Morgan fingerprint density at radius 1 is 1.12 bits per heavy atom. The zero-order valence-electron chi connectivity index (χ0n) is 27.1. The van der Waals surface area contributed by atoms with Crippen molar-refractivity contribution in [1.82, 2.24) is 24.6 Å². The largest absolute Gasteiger partial charge is 0.476 e. The van der Waals surface area contributed by atoms with Crippen LogP contribution in [0.2, 0.25) is 0 Å². The van der Waals surface area contributed by atoms with Crippen molar-refractivity contribution in [1.29, 1.82) is 0 Å². The molecule has 2 fully saturated rings. The van der Waals surface area contributed by atoms with E-state index in [1.54, 1.807) is 55.1 Å². The predicted octanol–water partition coefficient (Wildman–Crippen LogP) is 4.19. The summed E-state index contributed by atoms with van der Waals surface area (Å²) in [5.74, 6) is -0.103. The van der Waals surface area contributed by atoms with Gasteiger partial charge in [0.2, 0.25) is 11.8 Å². The van der Waals surface area contributed by atoms with Crippen LogP contribution in [0.15, 0.2) is 67.0 Å². The average Bonchev–Trinajstić information content (AvgIpc) is 3.73. The third kappa shape index (κ3) is 7.16. The fraction of sp³-hybridized carbons (Fsp3) is 0.438. The lowest BCUT2D eigenvalue weighted by molar-refractivity contribution is -0.184. The highest BCUT2D eigenvalue weighted by Gasteiger charge is 2.64. The minimum atomic E-state index is -4.24. The second kappa shape index (κ2) is 14.2. The first kappa shape index (κ1) is 33.8. The zero-order chi connectivity index (χ0) is 33.9. The van der Waals surface area contributed by atoms with Crippen LogP contribution >= 0.6 is 7.75 Å². The molecule has 16 heteroatoms. The van der Waals surface area contributed by atoms with Crippen LogP contribution in [0.1, 0.15) is 39.5 Å². The molecule has 0 saturated carbocycles. The lowest BCUT2D eigenvalue weighted by Crippen LogP contribution is -2.47. The van der Waals surface area contributed by atoms with Crippen molar-refractivity contribution in [2.45, 2.75) is 70.5 Å². The minimum Gasteiger partial charge on any atom is -0.476 e. The Balaban J connectivity index is 1.31. The maximum absolute atomic E-state index is 14.4. The Labute approximate surface area is 277 Å². The Morgan fingerprint density at radius 2 is 1.85 bits per heavy atom. The van der Waals surface area contributed by atoms with Crippen molar-refractivity contribution in [2.24, 2.45) is 0 Å². The Hall–Kier alpha value is -4.11. The summed E-state index contributed by atoms with van der Waals surface area (Å²) in [7, 11) is -4.24. The van der Waals surface area contributed by atoms with Crippen molar-refractivity contribution in [3.05, 3.63) is 72.6 Å². The van der Waals surface area contributed by atoms with Crippen LogP contribution in [0.3, 0.4) is 0 Å². The lowest BCUT2D eigenvalue weighted by atomic mass is 10.00. The first-order chi connectivity index (χ1) is 23.1. The third-order valence-corrected chi connectivity index (χ3v) is 9.34. The summed E-state index contributed by atoms with van der Waals surface area (Å²) in [6.07, 6.45) is -0.965. The molecular formula is C32H39N6O9P. The summed E-state index contributed by atoms with van der Waals surface area (Å²) in [4.78, 5) is 25.8. The number of nitrogen functional groups attached to an aromatic ring is 1. The van der Waals surface area contributed by atoms with Crippen LogP contribution in [-0.4, -0.2) is 75.3 Å². The maximum atomic E-state index is 14.4. The van der Waals surface area contributed by atoms with Gasteiger partial charge in [-0.1, -0.05) is 48.5 Å². The number of fused-ring (bicyclic) bond motifs is 3. The number of rotatable bonds is 15. The van der Waals surface area contributed by atoms with Crippen LogP contribution < -0.4 is 20.1 Å². The summed E-state index contributed by atoms with van der Waals surface area (Å²) >= 11 is 0. The molecule has 6 atom stereocenters. The number of carbonyl (C=O) groups is 1. The number of imidazole rings is 1. The van der Waals surface area contributed by atoms with E-state index in [-0.39, 0.29) is 43.5 Å². The van der Waals surface area contributed by atoms with Gasteiger partial charge >= 0.3 is 13.7 Å². The fourth-order valence-electron chi connectivity index (χ4n) is 5.59. The molecular weight excluding hydrogens is 643 g/mol. The van der Waals surface area contributed by atoms with Gasteiger partial charge in [-0.3, -0.25) is 13.9 Å². The monoisotopic (exact) mass is 682 g/mol. The molecule has 48 heavy (non-hydrogen) atoms. The number of carbonyl (C=O) groups excluding carboxylic acids is 1. The molecule has 0 spiro atoms. The van der Waals surface area contributed by atoms with Crippen LogP contribution in [0.25, 0.3) is 11.2 Å². The van der Waals surface area contributed by atoms with Gasteiger partial charge in [-0.2, -0.15) is 15.1 Å². The summed E-state index contributed by atoms with van der Waals surface area (Å²) in [5, 5.41) is 2.73. The number of ether oxygens (including phenoxy) is 5. The number of nitrogens with zero attached hydrogens (tertiary/aromatic N) is 4. The number of nitrogens with two attached hydrogens (primary N) is 1. The highest BCUT2D eigenvalue weighted by atomic mass is 31.2. The number of hydrogen-bond donors (Lipinski definition) is 2. The summed E-state index contributed by atoms with van der Waals surface area (Å²) in [6, 6.07) is 17.1. The van der Waals surface area contributed by atoms with Gasteiger partial charge in [0.05, 0.1) is 38.9 Å². The van der Waals surface area contributed by atoms with Gasteiger partial charge in [-0.05, 0) is 45.4 Å². The summed E-state index contributed by atoms with van der Waals surface area (Å²) < 4.78 is 58.5. The highest BCUT2D eigenvalue weighted by molar-refractivity contribution is 7.52. The highest BCUT2D eigenvalue weighted by Crippen LogP contribution is 2.52. The second-order valence-electron chi connectivity index (χ2n) is 11.7. The molecule has 2 bridgehead atoms. The van der Waals surface area contributed by atoms with Gasteiger partial charge in [-0.25, -0.2) is 9.55 Å². The molecule has 0 radical (unpaired) electrons. The van der Waals surface area contributed by atoms with Crippen molar-refractivity contribution in [3.8, 4) is 11.6 Å². The van der Waals surface area contributed by atoms with Crippen molar-refractivity contribution in [3.63, 3.8) is 0 Å². The number of aromatic nitrogens is 4. The van der Waals surface area contributed by atoms with Crippen molar-refractivity contribution < 1.29 is 42.1 Å². The van der Waals surface area contributed by atoms with E-state index in [4.69, 9.17) is 38.5 Å². The van der Waals surface area contributed by atoms with E-state index < -0.39 is 43.8 Å². The van der Waals surface area contributed by atoms with E-state index in [2.05, 4.69) is 20.0 Å². The number of hydrogen-bond acceptors (Lipinski definition) is 13. The molecule has 2 aliphatic rings. The van der Waals surface area contributed by atoms with E-state index in [0.29, 0.717) is 17.8 Å². The zero-order valence-corrected chi connectivity index (χ0v) is 27.9. The van der Waals surface area contributed by atoms with Gasteiger partial charge in [0.25, 0.3) is 0 Å². The smallest absolute Gasteiger partial charge is 0.459 e. The van der Waals surface area contributed by atoms with Gasteiger partial charge in [0, 0.05) is 0 Å². The number of esters is 1.